The fraction of sp³-hybridized carbons (Fsp3) is 0.167. The van der Waals surface area contributed by atoms with Crippen LogP contribution < -0.4 is 0 Å². The summed E-state index contributed by atoms with van der Waals surface area (Å²) in [6.07, 6.45) is 1.71. The van der Waals surface area contributed by atoms with Gasteiger partial charge in [0.1, 0.15) is 6.26 Å². The van der Waals surface area contributed by atoms with Gasteiger partial charge in [0.05, 0.1) is 10.6 Å². The molecule has 5 nitrogen and oxygen atoms in total. The van der Waals surface area contributed by atoms with Crippen LogP contribution in [0.1, 0.15) is 11.3 Å². The van der Waals surface area contributed by atoms with Crippen molar-refractivity contribution in [2.24, 2.45) is 7.05 Å². The van der Waals surface area contributed by atoms with Crippen molar-refractivity contribution in [3.05, 3.63) is 59.3 Å². The quantitative estimate of drug-likeness (QED) is 0.474. The Morgan fingerprint density at radius 3 is 2.92 bits per heavy atom. The monoisotopic (exact) mass is 368 g/mol. The third kappa shape index (κ3) is 3.38. The van der Waals surface area contributed by atoms with Crippen LogP contribution in [0.3, 0.4) is 0 Å². The van der Waals surface area contributed by atoms with Gasteiger partial charge in [-0.05, 0) is 24.4 Å². The van der Waals surface area contributed by atoms with Crippen molar-refractivity contribution in [2.45, 2.75) is 17.8 Å². The van der Waals surface area contributed by atoms with E-state index in [1.165, 1.54) is 5.56 Å². The molecule has 0 saturated heterocycles. The van der Waals surface area contributed by atoms with E-state index in [0.717, 1.165) is 27.1 Å². The number of aryl methyl sites for hydroxylation is 1. The predicted octanol–water partition coefficient (Wildman–Crippen LogP) is 4.80. The van der Waals surface area contributed by atoms with Crippen LogP contribution in [0.25, 0.3) is 22.2 Å². The molecule has 0 unspecified atom stereocenters. The van der Waals surface area contributed by atoms with Crippen LogP contribution in [0.4, 0.5) is 0 Å². The molecule has 0 fully saturated rings. The minimum atomic E-state index is 0.670. The Bertz CT molecular complexity index is 988. The highest BCUT2D eigenvalue weighted by molar-refractivity contribution is 7.98. The van der Waals surface area contributed by atoms with Gasteiger partial charge in [0.2, 0.25) is 5.89 Å². The molecule has 4 aromatic rings. The van der Waals surface area contributed by atoms with Crippen LogP contribution in [0.5, 0.6) is 0 Å². The summed E-state index contributed by atoms with van der Waals surface area (Å²) in [4.78, 5) is 5.58. The number of rotatable bonds is 5. The van der Waals surface area contributed by atoms with Crippen molar-refractivity contribution in [1.82, 2.24) is 19.7 Å². The SMILES string of the molecule is Cc1cccc(-c2nnc(SCc3coc(-c4cccs4)n3)n2C)c1. The maximum atomic E-state index is 5.56. The molecule has 0 radical (unpaired) electrons. The topological polar surface area (TPSA) is 56.7 Å². The smallest absolute Gasteiger partial charge is 0.236 e. The number of hydrogen-bond acceptors (Lipinski definition) is 6. The zero-order chi connectivity index (χ0) is 17.2. The average Bonchev–Trinajstić information content (AvgIpc) is 3.34. The maximum absolute atomic E-state index is 5.56. The second-order valence-corrected chi connectivity index (χ2v) is 7.53. The molecule has 3 heterocycles. The van der Waals surface area contributed by atoms with Gasteiger partial charge >= 0.3 is 0 Å². The molecule has 0 aliphatic heterocycles. The number of thioether (sulfide) groups is 1. The molecule has 3 aromatic heterocycles. The van der Waals surface area contributed by atoms with Crippen LogP contribution in [0.15, 0.2) is 57.6 Å². The summed E-state index contributed by atoms with van der Waals surface area (Å²) in [5.41, 5.74) is 3.18. The van der Waals surface area contributed by atoms with Crippen molar-refractivity contribution >= 4 is 23.1 Å². The van der Waals surface area contributed by atoms with Gasteiger partial charge in [0.15, 0.2) is 11.0 Å². The molecule has 0 amide bonds. The lowest BCUT2D eigenvalue weighted by molar-refractivity contribution is 0.575. The molecule has 25 heavy (non-hydrogen) atoms. The largest absolute Gasteiger partial charge is 0.444 e. The lowest BCUT2D eigenvalue weighted by Gasteiger charge is -2.04. The van der Waals surface area contributed by atoms with Crippen LogP contribution >= 0.6 is 23.1 Å². The van der Waals surface area contributed by atoms with E-state index in [4.69, 9.17) is 4.42 Å². The normalized spacial score (nSPS) is 11.1. The Morgan fingerprint density at radius 1 is 1.20 bits per heavy atom. The summed E-state index contributed by atoms with van der Waals surface area (Å²) < 4.78 is 7.57. The fourth-order valence-corrected chi connectivity index (χ4v) is 3.95. The first-order valence-electron chi connectivity index (χ1n) is 7.78. The highest BCUT2D eigenvalue weighted by atomic mass is 32.2. The van der Waals surface area contributed by atoms with E-state index in [1.807, 2.05) is 35.2 Å². The van der Waals surface area contributed by atoms with Gasteiger partial charge in [-0.25, -0.2) is 4.98 Å². The van der Waals surface area contributed by atoms with E-state index in [0.29, 0.717) is 11.6 Å². The van der Waals surface area contributed by atoms with Gasteiger partial charge in [-0.15, -0.1) is 21.5 Å². The third-order valence-electron chi connectivity index (χ3n) is 3.74. The minimum Gasteiger partial charge on any atom is -0.444 e. The van der Waals surface area contributed by atoms with Gasteiger partial charge in [-0.2, -0.15) is 0 Å². The number of aromatic nitrogens is 4. The molecule has 0 aliphatic rings. The number of benzene rings is 1. The van der Waals surface area contributed by atoms with E-state index >= 15 is 0 Å². The lowest BCUT2D eigenvalue weighted by Crippen LogP contribution is -1.95. The highest BCUT2D eigenvalue weighted by Gasteiger charge is 2.13. The summed E-state index contributed by atoms with van der Waals surface area (Å²) in [6.45, 7) is 2.07. The summed E-state index contributed by atoms with van der Waals surface area (Å²) >= 11 is 3.22. The van der Waals surface area contributed by atoms with E-state index in [9.17, 15) is 0 Å². The minimum absolute atomic E-state index is 0.670. The molecule has 126 valence electrons. The summed E-state index contributed by atoms with van der Waals surface area (Å²) in [5, 5.41) is 11.5. The van der Waals surface area contributed by atoms with Gasteiger partial charge in [-0.1, -0.05) is 41.6 Å². The molecule has 1 aromatic carbocycles. The lowest BCUT2D eigenvalue weighted by atomic mass is 10.1. The second kappa shape index (κ2) is 6.85. The first-order valence-corrected chi connectivity index (χ1v) is 9.65. The van der Waals surface area contributed by atoms with Crippen LogP contribution in [0.2, 0.25) is 0 Å². The second-order valence-electron chi connectivity index (χ2n) is 5.64. The molecule has 0 aliphatic carbocycles. The van der Waals surface area contributed by atoms with Gasteiger partial charge < -0.3 is 8.98 Å². The first kappa shape index (κ1) is 16.1. The fourth-order valence-electron chi connectivity index (χ4n) is 2.50. The van der Waals surface area contributed by atoms with Crippen molar-refractivity contribution in [1.29, 1.82) is 0 Å². The molecular formula is C18H16N4OS2. The van der Waals surface area contributed by atoms with E-state index < -0.39 is 0 Å². The van der Waals surface area contributed by atoms with Crippen LogP contribution in [-0.2, 0) is 12.8 Å². The van der Waals surface area contributed by atoms with E-state index in [1.54, 1.807) is 29.4 Å². The molecule has 4 rings (SSSR count). The average molecular weight is 368 g/mol. The van der Waals surface area contributed by atoms with Gasteiger partial charge in [0.25, 0.3) is 0 Å². The maximum Gasteiger partial charge on any atom is 0.236 e. The highest BCUT2D eigenvalue weighted by Crippen LogP contribution is 2.28. The number of oxazole rings is 1. The van der Waals surface area contributed by atoms with Crippen molar-refractivity contribution in [3.63, 3.8) is 0 Å². The zero-order valence-electron chi connectivity index (χ0n) is 13.8. The number of nitrogens with zero attached hydrogens (tertiary/aromatic N) is 4. The Labute approximate surface area is 153 Å². The molecular weight excluding hydrogens is 352 g/mol. The summed E-state index contributed by atoms with van der Waals surface area (Å²) in [5.74, 6) is 2.23. The molecule has 0 saturated carbocycles. The molecule has 0 N–H and O–H groups in total. The standard InChI is InChI=1S/C18H16N4OS2/c1-12-5-3-6-13(9-12)16-20-21-18(22(16)2)25-11-14-10-23-17(19-14)15-7-4-8-24-15/h3-10H,11H2,1-2H3. The third-order valence-corrected chi connectivity index (χ3v) is 5.66. The van der Waals surface area contributed by atoms with Crippen LogP contribution in [0, 0.1) is 6.92 Å². The molecule has 7 heteroatoms. The Hall–Kier alpha value is -2.38. The van der Waals surface area contributed by atoms with Crippen LogP contribution in [-0.4, -0.2) is 19.7 Å². The Kier molecular flexibility index (Phi) is 4.42. The summed E-state index contributed by atoms with van der Waals surface area (Å²) in [7, 11) is 1.99. The molecule has 0 bridgehead atoms. The van der Waals surface area contributed by atoms with Crippen molar-refractivity contribution in [2.75, 3.05) is 0 Å². The first-order chi connectivity index (χ1) is 12.2. The Morgan fingerprint density at radius 2 is 2.12 bits per heavy atom. The number of thiophene rings is 1. The van der Waals surface area contributed by atoms with E-state index in [-0.39, 0.29) is 0 Å². The number of hydrogen-bond donors (Lipinski definition) is 0. The van der Waals surface area contributed by atoms with Crippen molar-refractivity contribution in [3.8, 4) is 22.2 Å². The van der Waals surface area contributed by atoms with Gasteiger partial charge in [-0.3, -0.25) is 0 Å². The Balaban J connectivity index is 1.49. The molecule has 0 spiro atoms. The van der Waals surface area contributed by atoms with Gasteiger partial charge in [0, 0.05) is 18.4 Å². The zero-order valence-corrected chi connectivity index (χ0v) is 15.5. The molecule has 0 atom stereocenters. The summed E-state index contributed by atoms with van der Waals surface area (Å²) in [6, 6.07) is 12.3. The van der Waals surface area contributed by atoms with Crippen molar-refractivity contribution < 1.29 is 4.42 Å². The van der Waals surface area contributed by atoms with E-state index in [2.05, 4.69) is 40.3 Å². The predicted molar refractivity (Wildman–Crippen MR) is 101 cm³/mol.